The van der Waals surface area contributed by atoms with E-state index in [0.29, 0.717) is 17.2 Å². The second-order valence-corrected chi connectivity index (χ2v) is 2.51. The van der Waals surface area contributed by atoms with Gasteiger partial charge in [0.25, 0.3) is 0 Å². The van der Waals surface area contributed by atoms with Gasteiger partial charge >= 0.3 is 5.97 Å². The quantitative estimate of drug-likeness (QED) is 0.479. The molecule has 0 bridgehead atoms. The van der Waals surface area contributed by atoms with Crippen molar-refractivity contribution in [1.82, 2.24) is 0 Å². The standard InChI is InChI=1S/C9H7O4/c1-6(10)13-8-4-2-3-7-9(8)12-5-11-7/h3-4H,5H2,1H3. The summed E-state index contributed by atoms with van der Waals surface area (Å²) in [7, 11) is 0. The third-order valence-corrected chi connectivity index (χ3v) is 1.55. The fourth-order valence-electron chi connectivity index (χ4n) is 1.08. The number of rotatable bonds is 1. The highest BCUT2D eigenvalue weighted by atomic mass is 16.7. The Morgan fingerprint density at radius 2 is 2.38 bits per heavy atom. The van der Waals surface area contributed by atoms with E-state index in [2.05, 4.69) is 6.07 Å². The van der Waals surface area contributed by atoms with Crippen molar-refractivity contribution in [3.05, 3.63) is 18.2 Å². The lowest BCUT2D eigenvalue weighted by Gasteiger charge is -2.03. The Hall–Kier alpha value is -1.71. The smallest absolute Gasteiger partial charge is 0.308 e. The lowest BCUT2D eigenvalue weighted by atomic mass is 10.3. The molecule has 0 aromatic heterocycles. The molecule has 4 nitrogen and oxygen atoms in total. The zero-order chi connectivity index (χ0) is 9.26. The van der Waals surface area contributed by atoms with Crippen LogP contribution in [0, 0.1) is 6.07 Å². The first-order valence-electron chi connectivity index (χ1n) is 3.75. The second-order valence-electron chi connectivity index (χ2n) is 2.51. The van der Waals surface area contributed by atoms with Crippen LogP contribution in [0.4, 0.5) is 0 Å². The average molecular weight is 179 g/mol. The lowest BCUT2D eigenvalue weighted by molar-refractivity contribution is -0.132. The van der Waals surface area contributed by atoms with Gasteiger partial charge in [-0.05, 0) is 18.2 Å². The maximum Gasteiger partial charge on any atom is 0.308 e. The van der Waals surface area contributed by atoms with Gasteiger partial charge in [0.05, 0.1) is 0 Å². The van der Waals surface area contributed by atoms with E-state index in [9.17, 15) is 4.79 Å². The summed E-state index contributed by atoms with van der Waals surface area (Å²) < 4.78 is 15.1. The van der Waals surface area contributed by atoms with Gasteiger partial charge < -0.3 is 14.2 Å². The predicted octanol–water partition coefficient (Wildman–Crippen LogP) is 1.14. The molecule has 0 N–H and O–H groups in total. The first-order valence-corrected chi connectivity index (χ1v) is 3.75. The van der Waals surface area contributed by atoms with Crippen LogP contribution in [0.1, 0.15) is 6.92 Å². The van der Waals surface area contributed by atoms with Crippen LogP contribution in [0.3, 0.4) is 0 Å². The van der Waals surface area contributed by atoms with Crippen molar-refractivity contribution in [1.29, 1.82) is 0 Å². The number of hydrogen-bond donors (Lipinski definition) is 0. The number of benzene rings is 1. The number of carbonyl (C=O) groups excluding carboxylic acids is 1. The third kappa shape index (κ3) is 1.42. The molecule has 0 unspecified atom stereocenters. The van der Waals surface area contributed by atoms with Gasteiger partial charge in [0, 0.05) is 6.92 Å². The topological polar surface area (TPSA) is 44.8 Å². The molecule has 13 heavy (non-hydrogen) atoms. The molecule has 0 atom stereocenters. The molecule has 2 rings (SSSR count). The highest BCUT2D eigenvalue weighted by Gasteiger charge is 2.19. The molecule has 0 saturated heterocycles. The molecule has 1 aliphatic rings. The van der Waals surface area contributed by atoms with Gasteiger partial charge in [-0.2, -0.15) is 0 Å². The Kier molecular flexibility index (Phi) is 1.81. The van der Waals surface area contributed by atoms with Gasteiger partial charge in [-0.15, -0.1) is 0 Å². The van der Waals surface area contributed by atoms with Gasteiger partial charge in [0.15, 0.2) is 11.5 Å². The van der Waals surface area contributed by atoms with E-state index in [1.54, 1.807) is 6.07 Å². The first kappa shape index (κ1) is 7.91. The van der Waals surface area contributed by atoms with E-state index in [-0.39, 0.29) is 6.79 Å². The van der Waals surface area contributed by atoms with Crippen molar-refractivity contribution < 1.29 is 19.0 Å². The molecule has 0 aliphatic carbocycles. The van der Waals surface area contributed by atoms with Crippen LogP contribution in [0.25, 0.3) is 0 Å². The van der Waals surface area contributed by atoms with Gasteiger partial charge in [-0.1, -0.05) is 0 Å². The van der Waals surface area contributed by atoms with Gasteiger partial charge in [-0.3, -0.25) is 4.79 Å². The Bertz CT molecular complexity index is 345. The molecular formula is C9H7O4. The maximum atomic E-state index is 10.7. The molecule has 1 radical (unpaired) electrons. The summed E-state index contributed by atoms with van der Waals surface area (Å²) in [6, 6.07) is 5.96. The number of esters is 1. The molecule has 4 heteroatoms. The predicted molar refractivity (Wildman–Crippen MR) is 42.7 cm³/mol. The SMILES string of the molecule is CC(=O)Oc1c[c]cc2c1OCO2. The zero-order valence-electron chi connectivity index (χ0n) is 6.99. The molecule has 1 aromatic carbocycles. The van der Waals surface area contributed by atoms with Gasteiger partial charge in [0.1, 0.15) is 0 Å². The number of carbonyl (C=O) groups is 1. The van der Waals surface area contributed by atoms with Crippen molar-refractivity contribution in [2.75, 3.05) is 6.79 Å². The van der Waals surface area contributed by atoms with Crippen molar-refractivity contribution in [3.8, 4) is 17.2 Å². The van der Waals surface area contributed by atoms with Crippen molar-refractivity contribution in [3.63, 3.8) is 0 Å². The molecule has 0 spiro atoms. The summed E-state index contributed by atoms with van der Waals surface area (Å²) in [6.07, 6.45) is 0. The fourth-order valence-corrected chi connectivity index (χ4v) is 1.08. The zero-order valence-corrected chi connectivity index (χ0v) is 6.99. The summed E-state index contributed by atoms with van der Waals surface area (Å²) in [5.74, 6) is 0.979. The molecule has 1 aliphatic heterocycles. The number of hydrogen-bond acceptors (Lipinski definition) is 4. The minimum Gasteiger partial charge on any atom is -0.453 e. The van der Waals surface area contributed by atoms with Crippen molar-refractivity contribution in [2.45, 2.75) is 6.92 Å². The van der Waals surface area contributed by atoms with Crippen molar-refractivity contribution in [2.24, 2.45) is 0 Å². The van der Waals surface area contributed by atoms with Crippen LogP contribution >= 0.6 is 0 Å². The Morgan fingerprint density at radius 3 is 3.15 bits per heavy atom. The first-order chi connectivity index (χ1) is 6.27. The normalized spacial score (nSPS) is 12.7. The van der Waals surface area contributed by atoms with E-state index < -0.39 is 5.97 Å². The van der Waals surface area contributed by atoms with E-state index in [4.69, 9.17) is 14.2 Å². The largest absolute Gasteiger partial charge is 0.453 e. The lowest BCUT2D eigenvalue weighted by Crippen LogP contribution is -2.02. The highest BCUT2D eigenvalue weighted by Crippen LogP contribution is 2.40. The minimum atomic E-state index is -0.391. The van der Waals surface area contributed by atoms with Crippen LogP contribution in [0.5, 0.6) is 17.2 Å². The highest BCUT2D eigenvalue weighted by molar-refractivity contribution is 5.71. The van der Waals surface area contributed by atoms with Crippen LogP contribution < -0.4 is 14.2 Å². The van der Waals surface area contributed by atoms with Crippen molar-refractivity contribution >= 4 is 5.97 Å². The van der Waals surface area contributed by atoms with Crippen LogP contribution in [0.2, 0.25) is 0 Å². The van der Waals surface area contributed by atoms with Crippen LogP contribution in [-0.4, -0.2) is 12.8 Å². The van der Waals surface area contributed by atoms with Gasteiger partial charge in [-0.25, -0.2) is 0 Å². The average Bonchev–Trinajstić information content (AvgIpc) is 2.51. The van der Waals surface area contributed by atoms with E-state index in [1.165, 1.54) is 13.0 Å². The minimum absolute atomic E-state index is 0.154. The summed E-state index contributed by atoms with van der Waals surface area (Å²) in [4.78, 5) is 10.7. The fraction of sp³-hybridized carbons (Fsp3) is 0.222. The summed E-state index contributed by atoms with van der Waals surface area (Å²) >= 11 is 0. The monoisotopic (exact) mass is 179 g/mol. The van der Waals surface area contributed by atoms with Crippen LogP contribution in [0.15, 0.2) is 12.1 Å². The Morgan fingerprint density at radius 1 is 1.54 bits per heavy atom. The molecular weight excluding hydrogens is 172 g/mol. The Balaban J connectivity index is 2.36. The summed E-state index contributed by atoms with van der Waals surface area (Å²) in [5, 5.41) is 0. The summed E-state index contributed by atoms with van der Waals surface area (Å²) in [5.41, 5.74) is 0. The Labute approximate surface area is 75.0 Å². The maximum absolute atomic E-state index is 10.7. The molecule has 1 heterocycles. The summed E-state index contributed by atoms with van der Waals surface area (Å²) in [6.45, 7) is 1.48. The molecule has 0 fully saturated rings. The molecule has 0 saturated carbocycles. The van der Waals surface area contributed by atoms with E-state index >= 15 is 0 Å². The van der Waals surface area contributed by atoms with Gasteiger partial charge in [0.2, 0.25) is 12.5 Å². The van der Waals surface area contributed by atoms with E-state index in [0.717, 1.165) is 0 Å². The molecule has 1 aromatic rings. The third-order valence-electron chi connectivity index (χ3n) is 1.55. The molecule has 0 amide bonds. The molecule has 67 valence electrons. The number of fused-ring (bicyclic) bond motifs is 1. The number of ether oxygens (including phenoxy) is 3. The van der Waals surface area contributed by atoms with E-state index in [1.807, 2.05) is 0 Å². The second kappa shape index (κ2) is 2.97. The van der Waals surface area contributed by atoms with Crippen LogP contribution in [-0.2, 0) is 4.79 Å².